The van der Waals surface area contributed by atoms with Crippen molar-refractivity contribution in [1.29, 1.82) is 0 Å². The average Bonchev–Trinajstić information content (AvgIpc) is 3.20. The summed E-state index contributed by atoms with van der Waals surface area (Å²) in [5.41, 5.74) is 2.45. The Balaban J connectivity index is 1.57. The van der Waals surface area contributed by atoms with Crippen LogP contribution in [0.4, 0.5) is 0 Å². The van der Waals surface area contributed by atoms with Crippen LogP contribution in [0.25, 0.3) is 0 Å². The highest BCUT2D eigenvalue weighted by Gasteiger charge is 2.53. The van der Waals surface area contributed by atoms with E-state index >= 15 is 0 Å². The quantitative estimate of drug-likeness (QED) is 0.871. The fraction of sp³-hybridized carbons (Fsp3) is 0.562. The molecule has 1 amide bonds. The van der Waals surface area contributed by atoms with Crippen molar-refractivity contribution in [3.05, 3.63) is 35.4 Å². The molecular formula is C16H22N2O. The first-order valence-corrected chi connectivity index (χ1v) is 7.29. The summed E-state index contributed by atoms with van der Waals surface area (Å²) in [6.45, 7) is 0.921. The van der Waals surface area contributed by atoms with Crippen molar-refractivity contribution in [2.45, 2.75) is 44.2 Å². The van der Waals surface area contributed by atoms with E-state index in [-0.39, 0.29) is 5.91 Å². The summed E-state index contributed by atoms with van der Waals surface area (Å²) < 4.78 is 0. The van der Waals surface area contributed by atoms with Gasteiger partial charge in [0.05, 0.1) is 0 Å². The molecule has 19 heavy (non-hydrogen) atoms. The molecular weight excluding hydrogens is 236 g/mol. The number of amides is 1. The zero-order valence-electron chi connectivity index (χ0n) is 11.5. The summed E-state index contributed by atoms with van der Waals surface area (Å²) >= 11 is 0. The second-order valence-corrected chi connectivity index (χ2v) is 5.93. The maximum absolute atomic E-state index is 11.5. The van der Waals surface area contributed by atoms with Crippen molar-refractivity contribution < 1.29 is 4.79 Å². The predicted octanol–water partition coefficient (Wildman–Crippen LogP) is 2.47. The van der Waals surface area contributed by atoms with Crippen LogP contribution in [0.2, 0.25) is 0 Å². The lowest BCUT2D eigenvalue weighted by atomic mass is 9.95. The molecule has 2 aliphatic carbocycles. The third-order valence-electron chi connectivity index (χ3n) is 4.75. The van der Waals surface area contributed by atoms with Crippen molar-refractivity contribution in [3.8, 4) is 0 Å². The maximum Gasteiger partial charge on any atom is 0.251 e. The smallest absolute Gasteiger partial charge is 0.251 e. The van der Waals surface area contributed by atoms with Gasteiger partial charge in [0.15, 0.2) is 0 Å². The Bertz CT molecular complexity index is 468. The first kappa shape index (κ1) is 12.7. The lowest BCUT2D eigenvalue weighted by Gasteiger charge is -2.23. The summed E-state index contributed by atoms with van der Waals surface area (Å²) in [5, 5.41) is 6.39. The molecule has 0 aliphatic heterocycles. The lowest BCUT2D eigenvalue weighted by Crippen LogP contribution is -2.34. The highest BCUT2D eigenvalue weighted by molar-refractivity contribution is 5.93. The van der Waals surface area contributed by atoms with E-state index in [1.165, 1.54) is 37.7 Å². The molecule has 3 heteroatoms. The van der Waals surface area contributed by atoms with Gasteiger partial charge in [-0.15, -0.1) is 0 Å². The van der Waals surface area contributed by atoms with Gasteiger partial charge in [-0.1, -0.05) is 25.0 Å². The number of hydrogen-bond acceptors (Lipinski definition) is 2. The van der Waals surface area contributed by atoms with E-state index in [4.69, 9.17) is 0 Å². The molecule has 0 radical (unpaired) electrons. The molecule has 1 aromatic rings. The monoisotopic (exact) mass is 258 g/mol. The van der Waals surface area contributed by atoms with E-state index in [0.717, 1.165) is 18.0 Å². The Kier molecular flexibility index (Phi) is 3.31. The molecule has 2 aliphatic rings. The lowest BCUT2D eigenvalue weighted by molar-refractivity contribution is 0.0963. The number of fused-ring (bicyclic) bond motifs is 1. The largest absolute Gasteiger partial charge is 0.355 e. The molecule has 2 atom stereocenters. The van der Waals surface area contributed by atoms with Gasteiger partial charge < -0.3 is 10.6 Å². The zero-order chi connectivity index (χ0) is 13.3. The molecule has 102 valence electrons. The molecule has 0 spiro atoms. The van der Waals surface area contributed by atoms with Crippen LogP contribution in [-0.4, -0.2) is 18.5 Å². The van der Waals surface area contributed by atoms with Gasteiger partial charge in [-0.05, 0) is 42.9 Å². The van der Waals surface area contributed by atoms with E-state index in [9.17, 15) is 4.79 Å². The van der Waals surface area contributed by atoms with E-state index < -0.39 is 0 Å². The van der Waals surface area contributed by atoms with Gasteiger partial charge in [0, 0.05) is 24.7 Å². The zero-order valence-corrected chi connectivity index (χ0v) is 11.5. The van der Waals surface area contributed by atoms with E-state index in [1.807, 2.05) is 12.1 Å². The molecule has 3 nitrogen and oxygen atoms in total. The molecule has 2 unspecified atom stereocenters. The summed E-state index contributed by atoms with van der Waals surface area (Å²) in [5.74, 6) is 0.902. The summed E-state index contributed by atoms with van der Waals surface area (Å²) in [6, 6.07) is 7.90. The molecule has 0 bridgehead atoms. The van der Waals surface area contributed by atoms with Gasteiger partial charge in [-0.25, -0.2) is 0 Å². The van der Waals surface area contributed by atoms with Crippen molar-refractivity contribution in [1.82, 2.24) is 10.6 Å². The van der Waals surface area contributed by atoms with Gasteiger partial charge in [-0.2, -0.15) is 0 Å². The van der Waals surface area contributed by atoms with E-state index in [0.29, 0.717) is 5.54 Å². The second kappa shape index (κ2) is 4.97. The number of carbonyl (C=O) groups excluding carboxylic acids is 1. The van der Waals surface area contributed by atoms with Gasteiger partial charge in [-0.3, -0.25) is 4.79 Å². The van der Waals surface area contributed by atoms with Gasteiger partial charge in [0.25, 0.3) is 5.91 Å². The van der Waals surface area contributed by atoms with Crippen LogP contribution in [0.3, 0.4) is 0 Å². The molecule has 2 N–H and O–H groups in total. The van der Waals surface area contributed by atoms with Crippen molar-refractivity contribution >= 4 is 5.91 Å². The van der Waals surface area contributed by atoms with Crippen LogP contribution in [0.5, 0.6) is 0 Å². The maximum atomic E-state index is 11.5. The minimum Gasteiger partial charge on any atom is -0.355 e. The minimum absolute atomic E-state index is 0.0207. The van der Waals surface area contributed by atoms with E-state index in [1.54, 1.807) is 7.05 Å². The Hall–Kier alpha value is -1.35. The third kappa shape index (κ3) is 2.52. The minimum atomic E-state index is -0.0207. The summed E-state index contributed by atoms with van der Waals surface area (Å²) in [7, 11) is 1.66. The van der Waals surface area contributed by atoms with Crippen LogP contribution in [0, 0.1) is 5.92 Å². The van der Waals surface area contributed by atoms with Gasteiger partial charge in [0.1, 0.15) is 0 Å². The highest BCUT2D eigenvalue weighted by atomic mass is 16.1. The van der Waals surface area contributed by atoms with Crippen LogP contribution in [0.1, 0.15) is 48.0 Å². The van der Waals surface area contributed by atoms with E-state index in [2.05, 4.69) is 22.8 Å². The fourth-order valence-electron chi connectivity index (χ4n) is 3.40. The fourth-order valence-corrected chi connectivity index (χ4v) is 3.40. The van der Waals surface area contributed by atoms with Crippen molar-refractivity contribution in [3.63, 3.8) is 0 Å². The SMILES string of the molecule is CNC(=O)c1ccc(CNC23CCCCC2C3)cc1. The van der Waals surface area contributed by atoms with Crippen LogP contribution >= 0.6 is 0 Å². The van der Waals surface area contributed by atoms with Gasteiger partial charge >= 0.3 is 0 Å². The van der Waals surface area contributed by atoms with Crippen LogP contribution < -0.4 is 10.6 Å². The molecule has 3 rings (SSSR count). The molecule has 1 aromatic carbocycles. The number of nitrogens with one attached hydrogen (secondary N) is 2. The first-order chi connectivity index (χ1) is 9.23. The number of carbonyl (C=O) groups is 1. The van der Waals surface area contributed by atoms with Crippen LogP contribution in [0.15, 0.2) is 24.3 Å². The molecule has 2 saturated carbocycles. The third-order valence-corrected chi connectivity index (χ3v) is 4.75. The summed E-state index contributed by atoms with van der Waals surface area (Å²) in [4.78, 5) is 11.5. The normalized spacial score (nSPS) is 28.6. The molecule has 0 saturated heterocycles. The van der Waals surface area contributed by atoms with Crippen LogP contribution in [-0.2, 0) is 6.54 Å². The highest BCUT2D eigenvalue weighted by Crippen LogP contribution is 2.53. The average molecular weight is 258 g/mol. The molecule has 0 heterocycles. The Morgan fingerprint density at radius 3 is 2.79 bits per heavy atom. The molecule has 0 aromatic heterocycles. The summed E-state index contributed by atoms with van der Waals surface area (Å²) in [6.07, 6.45) is 6.90. The van der Waals surface area contributed by atoms with Crippen molar-refractivity contribution in [2.24, 2.45) is 5.92 Å². The van der Waals surface area contributed by atoms with Gasteiger partial charge in [0.2, 0.25) is 0 Å². The number of hydrogen-bond donors (Lipinski definition) is 2. The van der Waals surface area contributed by atoms with Crippen molar-refractivity contribution in [2.75, 3.05) is 7.05 Å². The topological polar surface area (TPSA) is 41.1 Å². The Morgan fingerprint density at radius 2 is 2.11 bits per heavy atom. The second-order valence-electron chi connectivity index (χ2n) is 5.93. The Labute approximate surface area is 114 Å². The predicted molar refractivity (Wildman–Crippen MR) is 76.0 cm³/mol. The Morgan fingerprint density at radius 1 is 1.32 bits per heavy atom. The first-order valence-electron chi connectivity index (χ1n) is 7.29. The standard InChI is InChI=1S/C16H22N2O/c1-17-15(19)13-7-5-12(6-8-13)11-18-16-9-3-2-4-14(16)10-16/h5-8,14,18H,2-4,9-11H2,1H3,(H,17,19). The number of rotatable bonds is 4. The number of benzene rings is 1. The molecule has 2 fully saturated rings.